The van der Waals surface area contributed by atoms with E-state index in [9.17, 15) is 9.50 Å². The van der Waals surface area contributed by atoms with Gasteiger partial charge in [-0.25, -0.2) is 4.39 Å². The fourth-order valence-electron chi connectivity index (χ4n) is 1.19. The Labute approximate surface area is 108 Å². The van der Waals surface area contributed by atoms with Gasteiger partial charge in [0.1, 0.15) is 5.82 Å². The normalized spacial score (nSPS) is 16.0. The van der Waals surface area contributed by atoms with E-state index in [1.165, 1.54) is 12.1 Å². The third-order valence-corrected chi connectivity index (χ3v) is 3.04. The first-order valence-corrected chi connectivity index (χ1v) is 5.93. The SMILES string of the molecule is CC(O)C(C)OC(C#N)c1ccc(Br)c(F)c1. The largest absolute Gasteiger partial charge is 0.391 e. The van der Waals surface area contributed by atoms with E-state index in [0.717, 1.165) is 0 Å². The van der Waals surface area contributed by atoms with Crippen LogP contribution in [-0.4, -0.2) is 17.3 Å². The highest BCUT2D eigenvalue weighted by molar-refractivity contribution is 9.10. The number of hydrogen-bond donors (Lipinski definition) is 1. The molecule has 5 heteroatoms. The lowest BCUT2D eigenvalue weighted by Gasteiger charge is -2.19. The lowest BCUT2D eigenvalue weighted by Crippen LogP contribution is -2.24. The summed E-state index contributed by atoms with van der Waals surface area (Å²) < 4.78 is 19.0. The Morgan fingerprint density at radius 1 is 1.47 bits per heavy atom. The maximum atomic E-state index is 13.3. The van der Waals surface area contributed by atoms with Crippen LogP contribution in [0.1, 0.15) is 25.5 Å². The Balaban J connectivity index is 2.87. The molecule has 0 saturated heterocycles. The van der Waals surface area contributed by atoms with Crippen molar-refractivity contribution in [1.29, 1.82) is 5.26 Å². The van der Waals surface area contributed by atoms with Crippen molar-refractivity contribution in [1.82, 2.24) is 0 Å². The van der Waals surface area contributed by atoms with Gasteiger partial charge in [0.2, 0.25) is 0 Å². The summed E-state index contributed by atoms with van der Waals surface area (Å²) in [6.45, 7) is 3.23. The van der Waals surface area contributed by atoms with Crippen LogP contribution in [0.5, 0.6) is 0 Å². The molecule has 0 aliphatic rings. The first-order valence-electron chi connectivity index (χ1n) is 5.13. The van der Waals surface area contributed by atoms with Gasteiger partial charge in [0.25, 0.3) is 0 Å². The monoisotopic (exact) mass is 301 g/mol. The Hall–Kier alpha value is -0.960. The van der Waals surface area contributed by atoms with E-state index in [1.807, 2.05) is 6.07 Å². The predicted octanol–water partition coefficient (Wildman–Crippen LogP) is 2.94. The fraction of sp³-hybridized carbons (Fsp3) is 0.417. The van der Waals surface area contributed by atoms with Gasteiger partial charge in [-0.2, -0.15) is 5.26 Å². The van der Waals surface area contributed by atoms with E-state index in [4.69, 9.17) is 10.00 Å². The lowest BCUT2D eigenvalue weighted by atomic mass is 10.1. The van der Waals surface area contributed by atoms with Gasteiger partial charge in [0.05, 0.1) is 22.7 Å². The molecule has 0 spiro atoms. The van der Waals surface area contributed by atoms with Crippen LogP contribution in [0.3, 0.4) is 0 Å². The molecule has 0 saturated carbocycles. The molecule has 1 N–H and O–H groups in total. The van der Waals surface area contributed by atoms with Gasteiger partial charge < -0.3 is 9.84 Å². The van der Waals surface area contributed by atoms with Crippen molar-refractivity contribution in [3.63, 3.8) is 0 Å². The van der Waals surface area contributed by atoms with E-state index in [-0.39, 0.29) is 0 Å². The van der Waals surface area contributed by atoms with Crippen molar-refractivity contribution in [3.05, 3.63) is 34.1 Å². The number of aliphatic hydroxyl groups is 1. The molecule has 0 heterocycles. The number of nitriles is 1. The number of rotatable bonds is 4. The van der Waals surface area contributed by atoms with Gasteiger partial charge in [-0.15, -0.1) is 0 Å². The van der Waals surface area contributed by atoms with Gasteiger partial charge in [-0.3, -0.25) is 0 Å². The highest BCUT2D eigenvalue weighted by Crippen LogP contribution is 2.24. The molecular weight excluding hydrogens is 289 g/mol. The van der Waals surface area contributed by atoms with E-state index in [0.29, 0.717) is 10.0 Å². The van der Waals surface area contributed by atoms with E-state index in [2.05, 4.69) is 15.9 Å². The van der Waals surface area contributed by atoms with Crippen molar-refractivity contribution in [2.75, 3.05) is 0 Å². The topological polar surface area (TPSA) is 53.2 Å². The highest BCUT2D eigenvalue weighted by atomic mass is 79.9. The molecule has 0 radical (unpaired) electrons. The Kier molecular flexibility index (Phi) is 5.06. The second-order valence-corrected chi connectivity index (χ2v) is 4.62. The Morgan fingerprint density at radius 3 is 2.59 bits per heavy atom. The van der Waals surface area contributed by atoms with Gasteiger partial charge in [0, 0.05) is 0 Å². The summed E-state index contributed by atoms with van der Waals surface area (Å²) in [5.41, 5.74) is 0.431. The number of benzene rings is 1. The summed E-state index contributed by atoms with van der Waals surface area (Å²) in [6.07, 6.45) is -2.07. The zero-order valence-corrected chi connectivity index (χ0v) is 11.1. The number of aliphatic hydroxyl groups excluding tert-OH is 1. The second kappa shape index (κ2) is 6.10. The molecule has 92 valence electrons. The molecule has 1 aromatic carbocycles. The Bertz CT molecular complexity index is 431. The van der Waals surface area contributed by atoms with Crippen LogP contribution in [0.25, 0.3) is 0 Å². The highest BCUT2D eigenvalue weighted by Gasteiger charge is 2.19. The summed E-state index contributed by atoms with van der Waals surface area (Å²) in [7, 11) is 0. The van der Waals surface area contributed by atoms with Gasteiger partial charge in [-0.1, -0.05) is 6.07 Å². The molecule has 17 heavy (non-hydrogen) atoms. The van der Waals surface area contributed by atoms with Crippen LogP contribution in [0.4, 0.5) is 4.39 Å². The van der Waals surface area contributed by atoms with Crippen molar-refractivity contribution in [2.45, 2.75) is 32.2 Å². The van der Waals surface area contributed by atoms with Crippen molar-refractivity contribution in [2.24, 2.45) is 0 Å². The van der Waals surface area contributed by atoms with Crippen LogP contribution in [-0.2, 0) is 4.74 Å². The van der Waals surface area contributed by atoms with Crippen molar-refractivity contribution < 1.29 is 14.2 Å². The van der Waals surface area contributed by atoms with Crippen molar-refractivity contribution in [3.8, 4) is 6.07 Å². The fourth-order valence-corrected chi connectivity index (χ4v) is 1.43. The zero-order valence-electron chi connectivity index (χ0n) is 9.52. The average Bonchev–Trinajstić information content (AvgIpc) is 2.29. The van der Waals surface area contributed by atoms with E-state index < -0.39 is 24.1 Å². The zero-order chi connectivity index (χ0) is 13.0. The molecule has 0 aliphatic heterocycles. The molecule has 3 atom stereocenters. The molecule has 0 amide bonds. The number of ether oxygens (including phenoxy) is 1. The Morgan fingerprint density at radius 2 is 2.12 bits per heavy atom. The maximum Gasteiger partial charge on any atom is 0.169 e. The lowest BCUT2D eigenvalue weighted by molar-refractivity contribution is -0.0426. The smallest absolute Gasteiger partial charge is 0.169 e. The molecule has 1 rings (SSSR count). The van der Waals surface area contributed by atoms with Gasteiger partial charge in [0.15, 0.2) is 6.10 Å². The molecule has 3 nitrogen and oxygen atoms in total. The summed E-state index contributed by atoms with van der Waals surface area (Å²) in [5, 5.41) is 18.3. The summed E-state index contributed by atoms with van der Waals surface area (Å²) >= 11 is 3.04. The van der Waals surface area contributed by atoms with Crippen LogP contribution >= 0.6 is 15.9 Å². The minimum Gasteiger partial charge on any atom is -0.391 e. The first-order chi connectivity index (χ1) is 7.95. The molecule has 0 bridgehead atoms. The second-order valence-electron chi connectivity index (χ2n) is 3.76. The van der Waals surface area contributed by atoms with Crippen LogP contribution < -0.4 is 0 Å². The molecule has 0 fully saturated rings. The predicted molar refractivity (Wildman–Crippen MR) is 64.7 cm³/mol. The van der Waals surface area contributed by atoms with Gasteiger partial charge >= 0.3 is 0 Å². The summed E-state index contributed by atoms with van der Waals surface area (Å²) in [5.74, 6) is -0.448. The molecule has 1 aromatic rings. The average molecular weight is 302 g/mol. The van der Waals surface area contributed by atoms with Crippen LogP contribution in [0, 0.1) is 17.1 Å². The minimum absolute atomic E-state index is 0.335. The molecule has 0 aliphatic carbocycles. The molecule has 3 unspecified atom stereocenters. The van der Waals surface area contributed by atoms with Gasteiger partial charge in [-0.05, 0) is 47.5 Å². The number of nitrogens with zero attached hydrogens (tertiary/aromatic N) is 1. The number of halogens is 2. The quantitative estimate of drug-likeness (QED) is 0.930. The van der Waals surface area contributed by atoms with Crippen molar-refractivity contribution >= 4 is 15.9 Å². The molecular formula is C12H13BrFNO2. The van der Waals surface area contributed by atoms with Crippen LogP contribution in [0.2, 0.25) is 0 Å². The maximum absolute atomic E-state index is 13.3. The number of hydrogen-bond acceptors (Lipinski definition) is 3. The molecule has 0 aromatic heterocycles. The van der Waals surface area contributed by atoms with E-state index >= 15 is 0 Å². The van der Waals surface area contributed by atoms with Crippen LogP contribution in [0.15, 0.2) is 22.7 Å². The minimum atomic E-state index is -0.887. The third-order valence-electron chi connectivity index (χ3n) is 2.39. The first kappa shape index (κ1) is 14.1. The standard InChI is InChI=1S/C12H13BrFNO2/c1-7(16)8(2)17-12(6-15)9-3-4-10(13)11(14)5-9/h3-5,7-8,12,16H,1-2H3. The summed E-state index contributed by atoms with van der Waals surface area (Å²) in [4.78, 5) is 0. The third kappa shape index (κ3) is 3.77. The van der Waals surface area contributed by atoms with E-state index in [1.54, 1.807) is 19.9 Å². The summed E-state index contributed by atoms with van der Waals surface area (Å²) in [6, 6.07) is 6.30.